The first kappa shape index (κ1) is 20.1. The van der Waals surface area contributed by atoms with Crippen LogP contribution < -0.4 is 10.6 Å². The lowest BCUT2D eigenvalue weighted by atomic mass is 10.0. The molecule has 0 saturated carbocycles. The third-order valence-corrected chi connectivity index (χ3v) is 4.95. The van der Waals surface area contributed by atoms with E-state index in [2.05, 4.69) is 22.8 Å². The van der Waals surface area contributed by atoms with E-state index in [4.69, 9.17) is 4.42 Å². The van der Waals surface area contributed by atoms with Gasteiger partial charge in [-0.25, -0.2) is 0 Å². The summed E-state index contributed by atoms with van der Waals surface area (Å²) in [5.41, 5.74) is 4.27. The molecule has 0 fully saturated rings. The van der Waals surface area contributed by atoms with Crippen LogP contribution in [0.1, 0.15) is 35.3 Å². The lowest BCUT2D eigenvalue weighted by Crippen LogP contribution is -2.24. The maximum Gasteiger partial charge on any atom is 0.230 e. The van der Waals surface area contributed by atoms with E-state index in [1.807, 2.05) is 26.8 Å². The van der Waals surface area contributed by atoms with Gasteiger partial charge in [-0.05, 0) is 56.2 Å². The van der Waals surface area contributed by atoms with Crippen molar-refractivity contribution >= 4 is 29.3 Å². The molecule has 2 N–H and O–H groups in total. The van der Waals surface area contributed by atoms with E-state index in [-0.39, 0.29) is 11.8 Å². The fraction of sp³-hybridized carbons (Fsp3) is 0.400. The Kier molecular flexibility index (Phi) is 7.78. The summed E-state index contributed by atoms with van der Waals surface area (Å²) in [5, 5.41) is 5.80. The number of amides is 2. The van der Waals surface area contributed by atoms with Crippen molar-refractivity contribution in [3.63, 3.8) is 0 Å². The van der Waals surface area contributed by atoms with Crippen molar-refractivity contribution in [3.8, 4) is 0 Å². The molecule has 0 aliphatic carbocycles. The topological polar surface area (TPSA) is 71.3 Å². The lowest BCUT2D eigenvalue weighted by Gasteiger charge is -2.12. The van der Waals surface area contributed by atoms with E-state index < -0.39 is 0 Å². The van der Waals surface area contributed by atoms with Gasteiger partial charge in [0.05, 0.1) is 18.6 Å². The minimum Gasteiger partial charge on any atom is -0.467 e. The predicted octanol–water partition coefficient (Wildman–Crippen LogP) is 3.97. The Labute approximate surface area is 158 Å². The second-order valence-corrected chi connectivity index (χ2v) is 7.44. The van der Waals surface area contributed by atoms with Crippen LogP contribution in [0, 0.1) is 20.8 Å². The van der Waals surface area contributed by atoms with Gasteiger partial charge in [0.1, 0.15) is 5.76 Å². The zero-order valence-corrected chi connectivity index (χ0v) is 16.4. The number of hydrogen-bond acceptors (Lipinski definition) is 4. The molecule has 2 amide bonds. The van der Waals surface area contributed by atoms with E-state index >= 15 is 0 Å². The van der Waals surface area contributed by atoms with Gasteiger partial charge in [0, 0.05) is 12.1 Å². The molecule has 1 aromatic heterocycles. The van der Waals surface area contributed by atoms with Gasteiger partial charge in [0.25, 0.3) is 0 Å². The molecular formula is C20H26N2O3S. The maximum atomic E-state index is 12.1. The fourth-order valence-electron chi connectivity index (χ4n) is 2.73. The van der Waals surface area contributed by atoms with Crippen molar-refractivity contribution in [1.29, 1.82) is 0 Å². The van der Waals surface area contributed by atoms with E-state index in [9.17, 15) is 9.59 Å². The Balaban J connectivity index is 1.61. The highest BCUT2D eigenvalue weighted by Crippen LogP contribution is 2.22. The highest BCUT2D eigenvalue weighted by molar-refractivity contribution is 7.99. The number of benzene rings is 1. The summed E-state index contributed by atoms with van der Waals surface area (Å²) in [7, 11) is 0. The Hall–Kier alpha value is -2.21. The Morgan fingerprint density at radius 1 is 1.12 bits per heavy atom. The first-order chi connectivity index (χ1) is 12.5. The van der Waals surface area contributed by atoms with Crippen LogP contribution in [0.3, 0.4) is 0 Å². The monoisotopic (exact) mass is 374 g/mol. The highest BCUT2D eigenvalue weighted by Gasteiger charge is 2.09. The first-order valence-corrected chi connectivity index (χ1v) is 9.85. The molecular weight excluding hydrogens is 348 g/mol. The van der Waals surface area contributed by atoms with Crippen LogP contribution in [-0.4, -0.2) is 23.3 Å². The van der Waals surface area contributed by atoms with Gasteiger partial charge in [-0.15, -0.1) is 0 Å². The third-order valence-electron chi connectivity index (χ3n) is 3.91. The van der Waals surface area contributed by atoms with Gasteiger partial charge in [0.15, 0.2) is 0 Å². The highest BCUT2D eigenvalue weighted by atomic mass is 32.2. The van der Waals surface area contributed by atoms with Crippen LogP contribution in [-0.2, 0) is 16.1 Å². The molecule has 0 unspecified atom stereocenters. The number of thioether (sulfide) groups is 1. The fourth-order valence-corrected chi connectivity index (χ4v) is 3.51. The quantitative estimate of drug-likeness (QED) is 0.652. The standard InChI is InChI=1S/C20H26N2O3S/c1-14-10-15(2)20(16(3)11-14)22-18(23)7-5-9-26-13-19(24)21-12-17-6-4-8-25-17/h4,6,8,10-11H,5,7,9,12-13H2,1-3H3,(H,21,24)(H,22,23). The number of hydrogen-bond donors (Lipinski definition) is 2. The van der Waals surface area contributed by atoms with Crippen LogP contribution in [0.15, 0.2) is 34.9 Å². The minimum atomic E-state index is -0.0262. The Bertz CT molecular complexity index is 719. The molecule has 0 aliphatic rings. The van der Waals surface area contributed by atoms with Crippen LogP contribution in [0.2, 0.25) is 0 Å². The summed E-state index contributed by atoms with van der Waals surface area (Å²) in [5.74, 6) is 1.89. The number of rotatable bonds is 9. The van der Waals surface area contributed by atoms with Crippen LogP contribution >= 0.6 is 11.8 Å². The molecule has 2 aromatic rings. The zero-order valence-electron chi connectivity index (χ0n) is 15.6. The number of carbonyl (C=O) groups excluding carboxylic acids is 2. The summed E-state index contributed by atoms with van der Waals surface area (Å²) in [4.78, 5) is 23.8. The maximum absolute atomic E-state index is 12.1. The van der Waals surface area contributed by atoms with Crippen LogP contribution in [0.25, 0.3) is 0 Å². The molecule has 0 atom stereocenters. The molecule has 0 aliphatic heterocycles. The number of aryl methyl sites for hydroxylation is 3. The molecule has 140 valence electrons. The molecule has 26 heavy (non-hydrogen) atoms. The van der Waals surface area contributed by atoms with E-state index in [1.54, 1.807) is 12.3 Å². The Morgan fingerprint density at radius 2 is 1.85 bits per heavy atom. The smallest absolute Gasteiger partial charge is 0.230 e. The molecule has 6 heteroatoms. The van der Waals surface area contributed by atoms with Crippen LogP contribution in [0.4, 0.5) is 5.69 Å². The molecule has 1 aromatic carbocycles. The average molecular weight is 375 g/mol. The SMILES string of the molecule is Cc1cc(C)c(NC(=O)CCCSCC(=O)NCc2ccco2)c(C)c1. The number of furan rings is 1. The molecule has 5 nitrogen and oxygen atoms in total. The summed E-state index contributed by atoms with van der Waals surface area (Å²) in [6.07, 6.45) is 2.78. The molecule has 0 radical (unpaired) electrons. The summed E-state index contributed by atoms with van der Waals surface area (Å²) in [6, 6.07) is 7.75. The van der Waals surface area contributed by atoms with E-state index in [1.165, 1.54) is 17.3 Å². The first-order valence-electron chi connectivity index (χ1n) is 8.70. The number of nitrogens with one attached hydrogen (secondary N) is 2. The van der Waals surface area contributed by atoms with Crippen molar-refractivity contribution in [2.24, 2.45) is 0 Å². The van der Waals surface area contributed by atoms with Gasteiger partial charge >= 0.3 is 0 Å². The summed E-state index contributed by atoms with van der Waals surface area (Å²) in [6.45, 7) is 6.47. The van der Waals surface area contributed by atoms with Crippen molar-refractivity contribution in [3.05, 3.63) is 53.0 Å². The average Bonchev–Trinajstić information content (AvgIpc) is 3.09. The normalized spacial score (nSPS) is 10.6. The van der Waals surface area contributed by atoms with Gasteiger partial charge in [-0.1, -0.05) is 17.7 Å². The molecule has 2 rings (SSSR count). The molecule has 1 heterocycles. The second kappa shape index (κ2) is 10.1. The van der Waals surface area contributed by atoms with Crippen molar-refractivity contribution in [1.82, 2.24) is 5.32 Å². The van der Waals surface area contributed by atoms with Crippen molar-refractivity contribution < 1.29 is 14.0 Å². The molecule has 0 bridgehead atoms. The van der Waals surface area contributed by atoms with Gasteiger partial charge in [-0.3, -0.25) is 9.59 Å². The van der Waals surface area contributed by atoms with Crippen molar-refractivity contribution in [2.75, 3.05) is 16.8 Å². The Morgan fingerprint density at radius 3 is 2.50 bits per heavy atom. The molecule has 0 spiro atoms. The van der Waals surface area contributed by atoms with E-state index in [0.717, 1.165) is 34.7 Å². The van der Waals surface area contributed by atoms with Gasteiger partial charge < -0.3 is 15.1 Å². The lowest BCUT2D eigenvalue weighted by molar-refractivity contribution is -0.119. The third kappa shape index (κ3) is 6.59. The number of carbonyl (C=O) groups is 2. The van der Waals surface area contributed by atoms with Gasteiger partial charge in [-0.2, -0.15) is 11.8 Å². The second-order valence-electron chi connectivity index (χ2n) is 6.33. The molecule has 0 saturated heterocycles. The summed E-state index contributed by atoms with van der Waals surface area (Å²) < 4.78 is 5.16. The van der Waals surface area contributed by atoms with Gasteiger partial charge in [0.2, 0.25) is 11.8 Å². The zero-order chi connectivity index (χ0) is 18.9. The summed E-state index contributed by atoms with van der Waals surface area (Å²) >= 11 is 1.53. The van der Waals surface area contributed by atoms with Crippen molar-refractivity contribution in [2.45, 2.75) is 40.2 Å². The number of anilines is 1. The van der Waals surface area contributed by atoms with E-state index in [0.29, 0.717) is 18.7 Å². The predicted molar refractivity (Wildman–Crippen MR) is 106 cm³/mol. The minimum absolute atomic E-state index is 0.0166. The largest absolute Gasteiger partial charge is 0.467 e. The van der Waals surface area contributed by atoms with Crippen LogP contribution in [0.5, 0.6) is 0 Å².